The zero-order valence-electron chi connectivity index (χ0n) is 12.7. The third-order valence-corrected chi connectivity index (χ3v) is 4.38. The average molecular weight is 290 g/mol. The highest BCUT2D eigenvalue weighted by Crippen LogP contribution is 2.25. The highest BCUT2D eigenvalue weighted by atomic mass is 16.5. The van der Waals surface area contributed by atoms with Crippen LogP contribution in [0.4, 0.5) is 5.82 Å². The molecule has 2 aliphatic heterocycles. The summed E-state index contributed by atoms with van der Waals surface area (Å²) in [6, 6.07) is 4.19. The maximum atomic E-state index is 11.8. The molecule has 0 aromatic carbocycles. The van der Waals surface area contributed by atoms with E-state index in [4.69, 9.17) is 4.74 Å². The SMILES string of the molecule is CC(=O)N1CCO[C@@H]2CCN(c3ccc(C)nn3)CC[C@H]21. The van der Waals surface area contributed by atoms with E-state index in [1.165, 1.54) is 0 Å². The molecule has 0 spiro atoms. The number of anilines is 1. The average Bonchev–Trinajstić information content (AvgIpc) is 2.70. The first kappa shape index (κ1) is 14.3. The van der Waals surface area contributed by atoms with E-state index >= 15 is 0 Å². The highest BCUT2D eigenvalue weighted by molar-refractivity contribution is 5.73. The zero-order valence-corrected chi connectivity index (χ0v) is 12.7. The fourth-order valence-corrected chi connectivity index (χ4v) is 3.26. The van der Waals surface area contributed by atoms with Crippen LogP contribution in [0.5, 0.6) is 0 Å². The van der Waals surface area contributed by atoms with Gasteiger partial charge in [-0.3, -0.25) is 4.79 Å². The summed E-state index contributed by atoms with van der Waals surface area (Å²) in [6.45, 7) is 6.71. The third kappa shape index (κ3) is 3.00. The molecule has 2 aliphatic rings. The van der Waals surface area contributed by atoms with Gasteiger partial charge in [0.25, 0.3) is 0 Å². The lowest BCUT2D eigenvalue weighted by molar-refractivity contribution is -0.144. The molecule has 114 valence electrons. The summed E-state index contributed by atoms with van der Waals surface area (Å²) in [5, 5.41) is 8.40. The first-order valence-electron chi connectivity index (χ1n) is 7.59. The number of fused-ring (bicyclic) bond motifs is 1. The number of rotatable bonds is 1. The summed E-state index contributed by atoms with van der Waals surface area (Å²) < 4.78 is 5.89. The minimum absolute atomic E-state index is 0.144. The molecule has 6 nitrogen and oxygen atoms in total. The van der Waals surface area contributed by atoms with Crippen molar-refractivity contribution >= 4 is 11.7 Å². The number of aromatic nitrogens is 2. The number of ether oxygens (including phenoxy) is 1. The standard InChI is InChI=1S/C15H22N4O2/c1-11-3-4-15(17-16-11)18-7-5-13-14(6-8-18)21-10-9-19(13)12(2)20/h3-4,13-14H,5-10H2,1-2H3/t13-,14-/m1/s1. The molecule has 0 N–H and O–H groups in total. The van der Waals surface area contributed by atoms with Crippen LogP contribution < -0.4 is 4.90 Å². The first-order valence-corrected chi connectivity index (χ1v) is 7.59. The van der Waals surface area contributed by atoms with Gasteiger partial charge in [0.05, 0.1) is 24.4 Å². The van der Waals surface area contributed by atoms with E-state index in [0.29, 0.717) is 13.2 Å². The number of aryl methyl sites for hydroxylation is 1. The van der Waals surface area contributed by atoms with Gasteiger partial charge in [-0.25, -0.2) is 0 Å². The molecule has 1 amide bonds. The number of nitrogens with zero attached hydrogens (tertiary/aromatic N) is 4. The zero-order chi connectivity index (χ0) is 14.8. The lowest BCUT2D eigenvalue weighted by atomic mass is 10.0. The van der Waals surface area contributed by atoms with Crippen LogP contribution in [0.2, 0.25) is 0 Å². The molecule has 2 atom stereocenters. The highest BCUT2D eigenvalue weighted by Gasteiger charge is 2.36. The van der Waals surface area contributed by atoms with Gasteiger partial charge < -0.3 is 14.5 Å². The number of amides is 1. The first-order chi connectivity index (χ1) is 10.1. The predicted octanol–water partition coefficient (Wildman–Crippen LogP) is 1.00. The molecule has 0 saturated carbocycles. The van der Waals surface area contributed by atoms with Crippen molar-refractivity contribution in [3.8, 4) is 0 Å². The van der Waals surface area contributed by atoms with E-state index in [1.807, 2.05) is 24.0 Å². The van der Waals surface area contributed by atoms with E-state index < -0.39 is 0 Å². The van der Waals surface area contributed by atoms with Gasteiger partial charge >= 0.3 is 0 Å². The van der Waals surface area contributed by atoms with Crippen LogP contribution in [0, 0.1) is 6.92 Å². The van der Waals surface area contributed by atoms with Gasteiger partial charge in [-0.05, 0) is 31.9 Å². The fourth-order valence-electron chi connectivity index (χ4n) is 3.26. The Labute approximate surface area is 125 Å². The molecule has 1 aromatic heterocycles. The normalized spacial score (nSPS) is 26.2. The summed E-state index contributed by atoms with van der Waals surface area (Å²) in [6.07, 6.45) is 1.98. The smallest absolute Gasteiger partial charge is 0.219 e. The van der Waals surface area contributed by atoms with Crippen molar-refractivity contribution in [3.05, 3.63) is 17.8 Å². The molecule has 3 rings (SSSR count). The molecule has 0 unspecified atom stereocenters. The largest absolute Gasteiger partial charge is 0.374 e. The predicted molar refractivity (Wildman–Crippen MR) is 79.1 cm³/mol. The lowest BCUT2D eigenvalue weighted by Crippen LogP contribution is -2.52. The van der Waals surface area contributed by atoms with Crippen LogP contribution in [0.15, 0.2) is 12.1 Å². The van der Waals surface area contributed by atoms with Crippen LogP contribution in [0.25, 0.3) is 0 Å². The van der Waals surface area contributed by atoms with E-state index in [0.717, 1.165) is 37.4 Å². The maximum Gasteiger partial charge on any atom is 0.219 e. The van der Waals surface area contributed by atoms with Crippen LogP contribution in [0.1, 0.15) is 25.5 Å². The van der Waals surface area contributed by atoms with Crippen LogP contribution in [0.3, 0.4) is 0 Å². The van der Waals surface area contributed by atoms with Gasteiger partial charge in [0.15, 0.2) is 5.82 Å². The topological polar surface area (TPSA) is 58.6 Å². The molecular weight excluding hydrogens is 268 g/mol. The number of morpholine rings is 1. The van der Waals surface area contributed by atoms with Gasteiger partial charge in [0.1, 0.15) is 0 Å². The van der Waals surface area contributed by atoms with Gasteiger partial charge in [0.2, 0.25) is 5.91 Å². The van der Waals surface area contributed by atoms with E-state index in [-0.39, 0.29) is 18.1 Å². The van der Waals surface area contributed by atoms with Crippen molar-refractivity contribution in [2.75, 3.05) is 31.1 Å². The molecule has 2 saturated heterocycles. The van der Waals surface area contributed by atoms with Gasteiger partial charge in [0, 0.05) is 26.6 Å². The molecule has 0 radical (unpaired) electrons. The number of carbonyl (C=O) groups excluding carboxylic acids is 1. The second-order valence-electron chi connectivity index (χ2n) is 5.79. The van der Waals surface area contributed by atoms with Crippen LogP contribution >= 0.6 is 0 Å². The Kier molecular flexibility index (Phi) is 4.05. The lowest BCUT2D eigenvalue weighted by Gasteiger charge is -2.39. The monoisotopic (exact) mass is 290 g/mol. The molecule has 6 heteroatoms. The van der Waals surface area contributed by atoms with E-state index in [9.17, 15) is 4.79 Å². The van der Waals surface area contributed by atoms with Crippen LogP contribution in [-0.4, -0.2) is 59.4 Å². The molecular formula is C15H22N4O2. The van der Waals surface area contributed by atoms with Gasteiger partial charge in [-0.15, -0.1) is 5.10 Å². The Morgan fingerprint density at radius 2 is 2.05 bits per heavy atom. The summed E-state index contributed by atoms with van der Waals surface area (Å²) >= 11 is 0. The second-order valence-corrected chi connectivity index (χ2v) is 5.79. The van der Waals surface area contributed by atoms with Gasteiger partial charge in [-0.1, -0.05) is 0 Å². The molecule has 0 aliphatic carbocycles. The van der Waals surface area contributed by atoms with Crippen molar-refractivity contribution in [1.29, 1.82) is 0 Å². The molecule has 0 bridgehead atoms. The van der Waals surface area contributed by atoms with E-state index in [2.05, 4.69) is 15.1 Å². The second kappa shape index (κ2) is 5.97. The molecule has 21 heavy (non-hydrogen) atoms. The van der Waals surface area contributed by atoms with Gasteiger partial charge in [-0.2, -0.15) is 5.10 Å². The molecule has 2 fully saturated rings. The van der Waals surface area contributed by atoms with E-state index in [1.54, 1.807) is 6.92 Å². The number of carbonyl (C=O) groups is 1. The quantitative estimate of drug-likeness (QED) is 0.772. The molecule has 3 heterocycles. The fraction of sp³-hybridized carbons (Fsp3) is 0.667. The van der Waals surface area contributed by atoms with Crippen molar-refractivity contribution in [1.82, 2.24) is 15.1 Å². The Morgan fingerprint density at radius 1 is 1.24 bits per heavy atom. The van der Waals surface area contributed by atoms with Crippen molar-refractivity contribution < 1.29 is 9.53 Å². The third-order valence-electron chi connectivity index (χ3n) is 4.38. The Balaban J connectivity index is 1.73. The summed E-state index contributed by atoms with van der Waals surface area (Å²) in [4.78, 5) is 16.0. The Hall–Kier alpha value is -1.69. The summed E-state index contributed by atoms with van der Waals surface area (Å²) in [5.74, 6) is 1.06. The van der Waals surface area contributed by atoms with Crippen molar-refractivity contribution in [2.24, 2.45) is 0 Å². The maximum absolute atomic E-state index is 11.8. The summed E-state index contributed by atoms with van der Waals surface area (Å²) in [7, 11) is 0. The Morgan fingerprint density at radius 3 is 2.76 bits per heavy atom. The van der Waals surface area contributed by atoms with Crippen LogP contribution in [-0.2, 0) is 9.53 Å². The minimum Gasteiger partial charge on any atom is -0.374 e. The van der Waals surface area contributed by atoms with Crippen molar-refractivity contribution in [2.45, 2.75) is 38.8 Å². The number of hydrogen-bond acceptors (Lipinski definition) is 5. The molecule has 1 aromatic rings. The van der Waals surface area contributed by atoms with Crippen molar-refractivity contribution in [3.63, 3.8) is 0 Å². The summed E-state index contributed by atoms with van der Waals surface area (Å²) in [5.41, 5.74) is 0.924. The minimum atomic E-state index is 0.144. The Bertz CT molecular complexity index is 505. The number of hydrogen-bond donors (Lipinski definition) is 0.